The predicted molar refractivity (Wildman–Crippen MR) is 174 cm³/mol. The van der Waals surface area contributed by atoms with Gasteiger partial charge in [0.1, 0.15) is 19.0 Å². The van der Waals surface area contributed by atoms with Gasteiger partial charge in [-0.25, -0.2) is 9.18 Å². The van der Waals surface area contributed by atoms with Gasteiger partial charge in [-0.3, -0.25) is 14.9 Å². The molecule has 0 spiro atoms. The first kappa shape index (κ1) is 35.1. The number of methoxy groups -OCH3 is 1. The number of nitrogens with zero attached hydrogens (tertiary/aromatic N) is 1. The summed E-state index contributed by atoms with van der Waals surface area (Å²) in [5.41, 5.74) is 4.67. The fourth-order valence-electron chi connectivity index (χ4n) is 4.68. The fraction of sp³-hybridized carbons (Fsp3) is 0.294. The number of hydrogen-bond donors (Lipinski definition) is 0. The molecule has 3 aromatic carbocycles. The molecule has 11 nitrogen and oxygen atoms in total. The van der Waals surface area contributed by atoms with Crippen LogP contribution in [0.3, 0.4) is 0 Å². The van der Waals surface area contributed by atoms with Gasteiger partial charge < -0.3 is 28.4 Å². The number of thioether (sulfide) groups is 1. The second-order valence-electron chi connectivity index (χ2n) is 10.0. The lowest BCUT2D eigenvalue weighted by molar-refractivity contribution is -0.384. The zero-order valence-corrected chi connectivity index (χ0v) is 26.9. The van der Waals surface area contributed by atoms with Crippen LogP contribution in [0.5, 0.6) is 11.5 Å². The molecule has 13 heteroatoms. The number of hydrogen-bond acceptors (Lipinski definition) is 11. The molecular formula is C34H34FNO10S. The zero-order chi connectivity index (χ0) is 33.8. The van der Waals surface area contributed by atoms with Gasteiger partial charge in [0.2, 0.25) is 0 Å². The van der Waals surface area contributed by atoms with Crippen molar-refractivity contribution in [3.8, 4) is 11.5 Å². The number of fused-ring (bicyclic) bond motifs is 1. The number of halogens is 1. The first-order valence-corrected chi connectivity index (χ1v) is 15.8. The van der Waals surface area contributed by atoms with E-state index in [2.05, 4.69) is 0 Å². The van der Waals surface area contributed by atoms with E-state index < -0.39 is 22.9 Å². The van der Waals surface area contributed by atoms with Crippen LogP contribution in [-0.2, 0) is 23.7 Å². The number of ether oxygens (including phenoxy) is 6. The van der Waals surface area contributed by atoms with Crippen molar-refractivity contribution in [1.29, 1.82) is 0 Å². The van der Waals surface area contributed by atoms with Crippen LogP contribution in [0.2, 0.25) is 0 Å². The Morgan fingerprint density at radius 3 is 2.21 bits per heavy atom. The number of nitro benzene ring substituents is 1. The summed E-state index contributed by atoms with van der Waals surface area (Å²) in [5, 5.41) is 10.7. The van der Waals surface area contributed by atoms with Crippen LogP contribution < -0.4 is 9.47 Å². The summed E-state index contributed by atoms with van der Waals surface area (Å²) >= 11 is 1.65. The topological polar surface area (TPSA) is 133 Å². The number of carbonyl (C=O) groups excluding carboxylic acids is 2. The Balaban J connectivity index is 1.22. The van der Waals surface area contributed by atoms with Crippen molar-refractivity contribution >= 4 is 46.8 Å². The largest absolute Gasteiger partial charge is 0.513 e. The van der Waals surface area contributed by atoms with Crippen LogP contribution >= 0.6 is 11.8 Å². The Bertz CT molecular complexity index is 1640. The van der Waals surface area contributed by atoms with Crippen molar-refractivity contribution in [2.45, 2.75) is 18.2 Å². The molecule has 1 aliphatic rings. The Morgan fingerprint density at radius 1 is 0.915 bits per heavy atom. The predicted octanol–water partition coefficient (Wildman–Crippen LogP) is 6.97. The van der Waals surface area contributed by atoms with Gasteiger partial charge in [0.05, 0.1) is 44.9 Å². The molecule has 0 aliphatic heterocycles. The highest BCUT2D eigenvalue weighted by atomic mass is 32.2. The Kier molecular flexibility index (Phi) is 12.9. The van der Waals surface area contributed by atoms with Crippen LogP contribution in [0.15, 0.2) is 71.1 Å². The third kappa shape index (κ3) is 9.88. The lowest BCUT2D eigenvalue weighted by Crippen LogP contribution is -2.16. The molecule has 3 aromatic rings. The number of carbonyl (C=O) groups is 2. The molecule has 0 amide bonds. The number of rotatable bonds is 16. The Morgan fingerprint density at radius 2 is 1.57 bits per heavy atom. The summed E-state index contributed by atoms with van der Waals surface area (Å²) < 4.78 is 46.5. The first-order valence-electron chi connectivity index (χ1n) is 14.5. The molecule has 0 heterocycles. The van der Waals surface area contributed by atoms with Crippen molar-refractivity contribution in [3.63, 3.8) is 0 Å². The highest BCUT2D eigenvalue weighted by Crippen LogP contribution is 2.45. The fourth-order valence-corrected chi connectivity index (χ4v) is 5.09. The maximum absolute atomic E-state index is 15.2. The van der Waals surface area contributed by atoms with Crippen molar-refractivity contribution in [2.24, 2.45) is 0 Å². The van der Waals surface area contributed by atoms with Crippen LogP contribution in [0.4, 0.5) is 14.9 Å². The third-order valence-corrected chi connectivity index (χ3v) is 7.82. The summed E-state index contributed by atoms with van der Waals surface area (Å²) in [6.45, 7) is 2.61. The van der Waals surface area contributed by atoms with E-state index in [4.69, 9.17) is 28.4 Å². The molecule has 0 bridgehead atoms. The van der Waals surface area contributed by atoms with Gasteiger partial charge in [0.15, 0.2) is 11.6 Å². The van der Waals surface area contributed by atoms with Crippen molar-refractivity contribution in [2.75, 3.05) is 53.0 Å². The van der Waals surface area contributed by atoms with Crippen LogP contribution in [0.25, 0.3) is 17.2 Å². The summed E-state index contributed by atoms with van der Waals surface area (Å²) in [7, 11) is 1.33. The highest BCUT2D eigenvalue weighted by molar-refractivity contribution is 7.98. The van der Waals surface area contributed by atoms with E-state index in [-0.39, 0.29) is 63.2 Å². The molecule has 0 aromatic heterocycles. The molecule has 0 radical (unpaired) electrons. The van der Waals surface area contributed by atoms with Crippen LogP contribution in [-0.4, -0.2) is 70.1 Å². The molecule has 0 fully saturated rings. The van der Waals surface area contributed by atoms with Gasteiger partial charge in [-0.05, 0) is 89.1 Å². The van der Waals surface area contributed by atoms with Gasteiger partial charge in [0, 0.05) is 17.0 Å². The summed E-state index contributed by atoms with van der Waals surface area (Å²) in [4.78, 5) is 35.2. The van der Waals surface area contributed by atoms with Gasteiger partial charge >= 0.3 is 12.1 Å². The number of esters is 1. The highest BCUT2D eigenvalue weighted by Gasteiger charge is 2.28. The Hall–Kier alpha value is -4.72. The monoisotopic (exact) mass is 667 g/mol. The maximum Gasteiger partial charge on any atom is 0.513 e. The minimum Gasteiger partial charge on any atom is -0.488 e. The van der Waals surface area contributed by atoms with E-state index in [0.717, 1.165) is 27.2 Å². The van der Waals surface area contributed by atoms with Crippen LogP contribution in [0.1, 0.15) is 30.0 Å². The second-order valence-corrected chi connectivity index (χ2v) is 10.9. The summed E-state index contributed by atoms with van der Waals surface area (Å²) in [6.07, 6.45) is 3.06. The van der Waals surface area contributed by atoms with E-state index >= 15 is 4.39 Å². The smallest absolute Gasteiger partial charge is 0.488 e. The van der Waals surface area contributed by atoms with Gasteiger partial charge in [-0.1, -0.05) is 12.1 Å². The number of benzene rings is 3. The molecule has 4 rings (SSSR count). The zero-order valence-electron chi connectivity index (χ0n) is 26.1. The minimum atomic E-state index is -0.967. The minimum absolute atomic E-state index is 0.0400. The van der Waals surface area contributed by atoms with E-state index in [1.807, 2.05) is 43.5 Å². The molecule has 0 saturated heterocycles. The summed E-state index contributed by atoms with van der Waals surface area (Å²) in [5.74, 6) is -0.774. The van der Waals surface area contributed by atoms with Crippen molar-refractivity contribution in [1.82, 2.24) is 0 Å². The Labute approximate surface area is 275 Å². The number of nitro groups is 1. The lowest BCUT2D eigenvalue weighted by atomic mass is 10.00. The third-order valence-electron chi connectivity index (χ3n) is 7.07. The SMILES string of the molecule is COC(=O)CC1=C(C)/C(=C\c2ccc(SC)cc2)c2cc(F)c(OCCOCCOCCOC(=O)Oc3ccc([N+](=O)[O-])cc3)cc21. The normalized spacial score (nSPS) is 13.0. The van der Waals surface area contributed by atoms with E-state index in [9.17, 15) is 19.7 Å². The average molecular weight is 668 g/mol. The molecule has 248 valence electrons. The molecule has 0 atom stereocenters. The van der Waals surface area contributed by atoms with E-state index in [1.54, 1.807) is 17.8 Å². The summed E-state index contributed by atoms with van der Waals surface area (Å²) in [6, 6.07) is 16.1. The molecular weight excluding hydrogens is 633 g/mol. The number of non-ortho nitro benzene ring substituents is 1. The van der Waals surface area contributed by atoms with Crippen molar-refractivity contribution in [3.05, 3.63) is 98.9 Å². The lowest BCUT2D eigenvalue weighted by Gasteiger charge is -2.12. The number of allylic oxidation sites excluding steroid dienone is 2. The molecule has 47 heavy (non-hydrogen) atoms. The average Bonchev–Trinajstić information content (AvgIpc) is 3.30. The maximum atomic E-state index is 15.2. The van der Waals surface area contributed by atoms with E-state index in [1.165, 1.54) is 37.4 Å². The molecule has 1 aliphatic carbocycles. The van der Waals surface area contributed by atoms with Crippen LogP contribution in [0, 0.1) is 15.9 Å². The molecule has 0 saturated carbocycles. The van der Waals surface area contributed by atoms with Gasteiger partial charge in [0.25, 0.3) is 5.69 Å². The van der Waals surface area contributed by atoms with Gasteiger partial charge in [-0.15, -0.1) is 11.8 Å². The first-order chi connectivity index (χ1) is 22.7. The molecule has 0 unspecified atom stereocenters. The van der Waals surface area contributed by atoms with Crippen molar-refractivity contribution < 1.29 is 47.3 Å². The quantitative estimate of drug-likeness (QED) is 0.0392. The van der Waals surface area contributed by atoms with E-state index in [0.29, 0.717) is 11.1 Å². The standard InChI is InChI=1S/C34H34FNO10S/c1-22-27(18-23-4-10-26(47-3)11-5-23)29-19-31(35)32(20-30(29)28(22)21-33(37)41-2)44-16-14-42-12-13-43-15-17-45-34(38)46-25-8-6-24(7-9-25)36(39)40/h4-11,18-20H,12-17,21H2,1-3H3/b27-18+. The molecule has 0 N–H and O–H groups in total. The van der Waals surface area contributed by atoms with Gasteiger partial charge in [-0.2, -0.15) is 0 Å². The second kappa shape index (κ2) is 17.3.